The van der Waals surface area contributed by atoms with Gasteiger partial charge in [-0.2, -0.15) is 13.2 Å². The van der Waals surface area contributed by atoms with Crippen LogP contribution in [0.3, 0.4) is 0 Å². The highest BCUT2D eigenvalue weighted by Crippen LogP contribution is 2.24. The summed E-state index contributed by atoms with van der Waals surface area (Å²) in [5, 5.41) is 2.90. The third-order valence-corrected chi connectivity index (χ3v) is 2.59. The molecule has 0 atom stereocenters. The monoisotopic (exact) mass is 303 g/mol. The van der Waals surface area contributed by atoms with E-state index in [2.05, 4.69) is 10.3 Å². The molecule has 0 unspecified atom stereocenters. The van der Waals surface area contributed by atoms with E-state index in [0.29, 0.717) is 12.1 Å². The highest BCUT2D eigenvalue weighted by atomic mass is 19.4. The van der Waals surface area contributed by atoms with Gasteiger partial charge in [0.1, 0.15) is 5.75 Å². The van der Waals surface area contributed by atoms with Crippen molar-refractivity contribution < 1.29 is 17.9 Å². The van der Waals surface area contributed by atoms with E-state index in [4.69, 9.17) is 10.5 Å². The number of benzene rings is 1. The Labute approximate surface area is 122 Å². The lowest BCUT2D eigenvalue weighted by Gasteiger charge is -2.13. The first-order chi connectivity index (χ1) is 9.81. The number of ether oxygens (including phenoxy) is 1. The Hall–Kier alpha value is -1.92. The van der Waals surface area contributed by atoms with Gasteiger partial charge in [0.15, 0.2) is 12.6 Å². The number of hydrogen-bond acceptors (Lipinski definition) is 2. The van der Waals surface area contributed by atoms with Crippen molar-refractivity contribution in [3.8, 4) is 5.75 Å². The lowest BCUT2D eigenvalue weighted by Crippen LogP contribution is -2.32. The van der Waals surface area contributed by atoms with Crippen LogP contribution in [0.1, 0.15) is 24.5 Å². The highest BCUT2D eigenvalue weighted by molar-refractivity contribution is 5.77. The molecule has 1 aromatic rings. The van der Waals surface area contributed by atoms with Gasteiger partial charge in [0, 0.05) is 12.1 Å². The maximum atomic E-state index is 12.2. The van der Waals surface area contributed by atoms with Gasteiger partial charge in [0.05, 0.1) is 6.54 Å². The molecule has 0 saturated carbocycles. The summed E-state index contributed by atoms with van der Waals surface area (Å²) in [5.41, 5.74) is 7.03. The zero-order valence-electron chi connectivity index (χ0n) is 12.1. The quantitative estimate of drug-likeness (QED) is 0.627. The molecule has 0 aliphatic carbocycles. The summed E-state index contributed by atoms with van der Waals surface area (Å²) >= 11 is 0. The van der Waals surface area contributed by atoms with Gasteiger partial charge in [-0.1, -0.05) is 19.1 Å². The van der Waals surface area contributed by atoms with Crippen molar-refractivity contribution in [1.82, 2.24) is 5.32 Å². The minimum Gasteiger partial charge on any atom is -0.484 e. The number of aliphatic imine (C=N–C) groups is 1. The van der Waals surface area contributed by atoms with Crippen molar-refractivity contribution in [3.63, 3.8) is 0 Å². The zero-order chi connectivity index (χ0) is 15.9. The molecule has 7 heteroatoms. The van der Waals surface area contributed by atoms with Crippen LogP contribution in [0.5, 0.6) is 5.75 Å². The van der Waals surface area contributed by atoms with Crippen LogP contribution < -0.4 is 15.8 Å². The van der Waals surface area contributed by atoms with Gasteiger partial charge in [0.2, 0.25) is 0 Å². The summed E-state index contributed by atoms with van der Waals surface area (Å²) in [6, 6.07) is 5.05. The number of nitrogens with zero attached hydrogens (tertiary/aromatic N) is 1. The summed E-state index contributed by atoms with van der Waals surface area (Å²) in [6.45, 7) is 3.31. The minimum absolute atomic E-state index is 0.163. The first kappa shape index (κ1) is 17.1. The summed E-state index contributed by atoms with van der Waals surface area (Å²) < 4.78 is 41.6. The largest absolute Gasteiger partial charge is 0.484 e. The maximum Gasteiger partial charge on any atom is 0.422 e. The molecule has 0 radical (unpaired) electrons. The van der Waals surface area contributed by atoms with Gasteiger partial charge in [-0.25, -0.2) is 4.99 Å². The first-order valence-electron chi connectivity index (χ1n) is 6.64. The molecule has 0 fully saturated rings. The predicted octanol–water partition coefficient (Wildman–Crippen LogP) is 2.75. The Morgan fingerprint density at radius 2 is 2.10 bits per heavy atom. The fourth-order valence-corrected chi connectivity index (χ4v) is 1.57. The minimum atomic E-state index is -4.37. The average Bonchev–Trinajstić information content (AvgIpc) is 2.41. The zero-order valence-corrected chi connectivity index (χ0v) is 12.1. The third kappa shape index (κ3) is 6.87. The first-order valence-corrected chi connectivity index (χ1v) is 6.64. The van der Waals surface area contributed by atoms with E-state index in [1.807, 2.05) is 6.92 Å². The van der Waals surface area contributed by atoms with Crippen molar-refractivity contribution >= 4 is 5.96 Å². The summed E-state index contributed by atoms with van der Waals surface area (Å²) in [7, 11) is 0. The average molecular weight is 303 g/mol. The van der Waals surface area contributed by atoms with Crippen LogP contribution in [0.2, 0.25) is 0 Å². The molecule has 0 heterocycles. The van der Waals surface area contributed by atoms with Gasteiger partial charge >= 0.3 is 6.18 Å². The van der Waals surface area contributed by atoms with Crippen molar-refractivity contribution in [2.75, 3.05) is 13.2 Å². The fourth-order valence-electron chi connectivity index (χ4n) is 1.57. The number of alkyl halides is 3. The molecule has 3 N–H and O–H groups in total. The predicted molar refractivity (Wildman–Crippen MR) is 76.3 cm³/mol. The molecule has 118 valence electrons. The maximum absolute atomic E-state index is 12.2. The second-order valence-electron chi connectivity index (χ2n) is 4.64. The molecule has 1 aromatic carbocycles. The Balaban J connectivity index is 2.77. The Morgan fingerprint density at radius 1 is 1.38 bits per heavy atom. The fraction of sp³-hybridized carbons (Fsp3) is 0.500. The number of aryl methyl sites for hydroxylation is 1. The Morgan fingerprint density at radius 3 is 2.71 bits per heavy atom. The van der Waals surface area contributed by atoms with E-state index in [1.165, 1.54) is 0 Å². The van der Waals surface area contributed by atoms with Crippen LogP contribution in [0, 0.1) is 6.92 Å². The van der Waals surface area contributed by atoms with Gasteiger partial charge in [-0.15, -0.1) is 0 Å². The second-order valence-corrected chi connectivity index (χ2v) is 4.64. The van der Waals surface area contributed by atoms with Gasteiger partial charge in [-0.05, 0) is 25.0 Å². The number of halogens is 3. The molecule has 0 spiro atoms. The summed E-state index contributed by atoms with van der Waals surface area (Å²) in [6.07, 6.45) is -3.47. The van der Waals surface area contributed by atoms with Crippen molar-refractivity contribution in [3.05, 3.63) is 29.3 Å². The topological polar surface area (TPSA) is 59.6 Å². The van der Waals surface area contributed by atoms with Gasteiger partial charge in [0.25, 0.3) is 0 Å². The summed E-state index contributed by atoms with van der Waals surface area (Å²) in [4.78, 5) is 4.09. The normalized spacial score (nSPS) is 12.3. The van der Waals surface area contributed by atoms with E-state index in [1.54, 1.807) is 25.1 Å². The van der Waals surface area contributed by atoms with Gasteiger partial charge in [-0.3, -0.25) is 0 Å². The molecule has 0 amide bonds. The van der Waals surface area contributed by atoms with E-state index < -0.39 is 12.8 Å². The van der Waals surface area contributed by atoms with Crippen LogP contribution in [0.25, 0.3) is 0 Å². The molecule has 0 aliphatic rings. The van der Waals surface area contributed by atoms with Crippen molar-refractivity contribution in [1.29, 1.82) is 0 Å². The molecular weight excluding hydrogens is 283 g/mol. The van der Waals surface area contributed by atoms with Crippen molar-refractivity contribution in [2.45, 2.75) is 33.0 Å². The lowest BCUT2D eigenvalue weighted by atomic mass is 10.1. The number of rotatable bonds is 6. The molecule has 4 nitrogen and oxygen atoms in total. The highest BCUT2D eigenvalue weighted by Gasteiger charge is 2.28. The smallest absolute Gasteiger partial charge is 0.422 e. The number of hydrogen-bond donors (Lipinski definition) is 2. The van der Waals surface area contributed by atoms with Crippen LogP contribution in [-0.4, -0.2) is 25.3 Å². The lowest BCUT2D eigenvalue weighted by molar-refractivity contribution is -0.153. The molecule has 0 bridgehead atoms. The van der Waals surface area contributed by atoms with E-state index in [-0.39, 0.29) is 18.3 Å². The van der Waals surface area contributed by atoms with Crippen LogP contribution in [0.15, 0.2) is 23.2 Å². The summed E-state index contributed by atoms with van der Waals surface area (Å²) in [5.74, 6) is 0.443. The van der Waals surface area contributed by atoms with Crippen molar-refractivity contribution in [2.24, 2.45) is 10.7 Å². The Bertz CT molecular complexity index is 487. The Kier molecular flexibility index (Phi) is 6.33. The van der Waals surface area contributed by atoms with Crippen LogP contribution >= 0.6 is 0 Å². The number of nitrogens with two attached hydrogens (primary N) is 1. The van der Waals surface area contributed by atoms with E-state index in [9.17, 15) is 13.2 Å². The third-order valence-electron chi connectivity index (χ3n) is 2.59. The van der Waals surface area contributed by atoms with Crippen LogP contribution in [-0.2, 0) is 6.54 Å². The van der Waals surface area contributed by atoms with E-state index >= 15 is 0 Å². The van der Waals surface area contributed by atoms with Gasteiger partial charge < -0.3 is 15.8 Å². The molecule has 1 rings (SSSR count). The second kappa shape index (κ2) is 7.75. The molecular formula is C14H20F3N3O. The van der Waals surface area contributed by atoms with E-state index in [0.717, 1.165) is 12.0 Å². The standard InChI is InChI=1S/C14H20F3N3O/c1-3-6-19-13(18)20-8-11-5-4-10(2)7-12(11)21-9-14(15,16)17/h4-5,7H,3,6,8-9H2,1-2H3,(H3,18,19,20). The molecule has 0 saturated heterocycles. The molecule has 0 aliphatic heterocycles. The number of guanidine groups is 1. The number of nitrogens with one attached hydrogen (secondary N) is 1. The molecule has 0 aromatic heterocycles. The SMILES string of the molecule is CCCNC(N)=NCc1ccc(C)cc1OCC(F)(F)F. The van der Waals surface area contributed by atoms with Crippen LogP contribution in [0.4, 0.5) is 13.2 Å². The molecule has 21 heavy (non-hydrogen) atoms.